The number of piperidine rings is 3. The molecule has 4 amide bonds. The normalized spacial score (nSPS) is 21.1. The Morgan fingerprint density at radius 3 is 2.49 bits per heavy atom. The first-order valence-corrected chi connectivity index (χ1v) is 16.3. The summed E-state index contributed by atoms with van der Waals surface area (Å²) in [7, 11) is 0. The first-order chi connectivity index (χ1) is 22.9. The fraction of sp³-hybridized carbons (Fsp3) is 0.412. The molecule has 3 aliphatic heterocycles. The molecule has 0 aliphatic carbocycles. The molecule has 13 nitrogen and oxygen atoms in total. The van der Waals surface area contributed by atoms with E-state index in [1.165, 1.54) is 6.33 Å². The van der Waals surface area contributed by atoms with E-state index >= 15 is 0 Å². The molecule has 47 heavy (non-hydrogen) atoms. The summed E-state index contributed by atoms with van der Waals surface area (Å²) in [5, 5.41) is 10.9. The number of rotatable bonds is 7. The van der Waals surface area contributed by atoms with Crippen LogP contribution in [0.15, 0.2) is 60.9 Å². The molecule has 1 unspecified atom stereocenters. The van der Waals surface area contributed by atoms with E-state index in [2.05, 4.69) is 25.5 Å². The fourth-order valence-corrected chi connectivity index (χ4v) is 6.91. The number of imide groups is 1. The predicted octanol–water partition coefficient (Wildman–Crippen LogP) is 3.73. The Balaban J connectivity index is 0.992. The molecule has 2 aromatic heterocycles. The lowest BCUT2D eigenvalue weighted by Crippen LogP contribution is -2.56. The van der Waals surface area contributed by atoms with Gasteiger partial charge in [-0.25, -0.2) is 19.4 Å². The number of aromatic nitrogens is 4. The summed E-state index contributed by atoms with van der Waals surface area (Å²) in [5.41, 5.74) is 8.82. The number of ether oxygens (including phenoxy) is 1. The summed E-state index contributed by atoms with van der Waals surface area (Å²) in [6.45, 7) is 4.09. The van der Waals surface area contributed by atoms with Crippen LogP contribution in [-0.4, -0.2) is 86.2 Å². The van der Waals surface area contributed by atoms with E-state index in [1.807, 2.05) is 59.3 Å². The van der Waals surface area contributed by atoms with Crippen LogP contribution in [0.25, 0.3) is 22.3 Å². The first kappa shape index (κ1) is 30.6. The van der Waals surface area contributed by atoms with Crippen molar-refractivity contribution in [3.8, 4) is 22.8 Å². The average molecular weight is 638 g/mol. The molecule has 0 bridgehead atoms. The van der Waals surface area contributed by atoms with Crippen molar-refractivity contribution in [2.75, 3.05) is 38.5 Å². The van der Waals surface area contributed by atoms with E-state index < -0.39 is 11.9 Å². The number of nitrogen functional groups attached to an aromatic ring is 1. The number of urea groups is 1. The molecule has 3 fully saturated rings. The number of carbonyl (C=O) groups excluding carboxylic acids is 3. The zero-order valence-corrected chi connectivity index (χ0v) is 26.2. The Morgan fingerprint density at radius 2 is 1.72 bits per heavy atom. The number of anilines is 1. The molecule has 7 rings (SSSR count). The molecule has 4 aromatic rings. The minimum Gasteiger partial charge on any atom is -0.457 e. The molecule has 13 heteroatoms. The highest BCUT2D eigenvalue weighted by Crippen LogP contribution is 2.35. The summed E-state index contributed by atoms with van der Waals surface area (Å²) in [4.78, 5) is 49.5. The number of hydrogen-bond donors (Lipinski definition) is 3. The zero-order chi connectivity index (χ0) is 32.3. The molecular formula is C34H39N9O4. The highest BCUT2D eigenvalue weighted by molar-refractivity contribution is 6.01. The van der Waals surface area contributed by atoms with Gasteiger partial charge in [-0.1, -0.05) is 18.2 Å². The number of para-hydroxylation sites is 1. The maximum atomic E-state index is 12.8. The average Bonchev–Trinajstić information content (AvgIpc) is 3.48. The van der Waals surface area contributed by atoms with Gasteiger partial charge in [-0.15, -0.1) is 0 Å². The summed E-state index contributed by atoms with van der Waals surface area (Å²) in [6.07, 6.45) is 5.90. The number of fused-ring (bicyclic) bond motifs is 1. The number of benzene rings is 2. The highest BCUT2D eigenvalue weighted by atomic mass is 16.5. The van der Waals surface area contributed by atoms with Crippen molar-refractivity contribution in [1.82, 2.24) is 40.2 Å². The van der Waals surface area contributed by atoms with E-state index in [1.54, 1.807) is 4.90 Å². The van der Waals surface area contributed by atoms with Gasteiger partial charge in [0.15, 0.2) is 5.65 Å². The van der Waals surface area contributed by atoms with Gasteiger partial charge < -0.3 is 25.6 Å². The number of nitrogens with zero attached hydrogens (tertiary/aromatic N) is 6. The number of carbonyl (C=O) groups is 3. The lowest BCUT2D eigenvalue weighted by atomic mass is 9.95. The first-order valence-electron chi connectivity index (χ1n) is 16.3. The molecule has 3 saturated heterocycles. The van der Waals surface area contributed by atoms with Crippen LogP contribution in [0.1, 0.15) is 44.6 Å². The zero-order valence-electron chi connectivity index (χ0n) is 26.2. The van der Waals surface area contributed by atoms with Gasteiger partial charge in [-0.2, -0.15) is 5.10 Å². The smallest absolute Gasteiger partial charge is 0.318 e. The number of hydrogen-bond acceptors (Lipinski definition) is 9. The van der Waals surface area contributed by atoms with E-state index in [0.717, 1.165) is 79.1 Å². The Morgan fingerprint density at radius 1 is 0.957 bits per heavy atom. The van der Waals surface area contributed by atoms with Gasteiger partial charge in [0.2, 0.25) is 11.8 Å². The van der Waals surface area contributed by atoms with Gasteiger partial charge in [0.25, 0.3) is 0 Å². The third-order valence-electron chi connectivity index (χ3n) is 9.41. The van der Waals surface area contributed by atoms with Crippen LogP contribution in [0.5, 0.6) is 11.5 Å². The molecule has 2 atom stereocenters. The SMILES string of the molecule is Nc1ncnc2c1c(-c1ccc(Oc3ccccc3)cc1)nn2[C@@H]1CCCN(CC2CCN(C(=O)NC3CCC(=O)NC3=O)CC2)C1. The molecule has 5 heterocycles. The summed E-state index contributed by atoms with van der Waals surface area (Å²) < 4.78 is 8.02. The van der Waals surface area contributed by atoms with Crippen LogP contribution in [0.2, 0.25) is 0 Å². The number of likely N-dealkylation sites (tertiary alicyclic amines) is 2. The highest BCUT2D eigenvalue weighted by Gasteiger charge is 2.32. The largest absolute Gasteiger partial charge is 0.457 e. The molecule has 4 N–H and O–H groups in total. The maximum absolute atomic E-state index is 12.8. The lowest BCUT2D eigenvalue weighted by Gasteiger charge is -2.38. The van der Waals surface area contributed by atoms with E-state index in [-0.39, 0.29) is 24.4 Å². The number of nitrogens with one attached hydrogen (secondary N) is 2. The van der Waals surface area contributed by atoms with Crippen molar-refractivity contribution in [3.63, 3.8) is 0 Å². The van der Waals surface area contributed by atoms with Crippen molar-refractivity contribution >= 4 is 34.7 Å². The van der Waals surface area contributed by atoms with Crippen molar-refractivity contribution < 1.29 is 19.1 Å². The Bertz CT molecular complexity index is 1750. The Hall–Kier alpha value is -5.04. The second-order valence-corrected chi connectivity index (χ2v) is 12.6. The fourth-order valence-electron chi connectivity index (χ4n) is 6.91. The van der Waals surface area contributed by atoms with Gasteiger partial charge in [-0.3, -0.25) is 14.9 Å². The standard InChI is InChI=1S/C34H39N9O4/c35-31-29-30(23-8-10-26(11-9-23)47-25-6-2-1-3-7-25)40-43(32(29)37-21-36-31)24-5-4-16-41(20-24)19-22-14-17-42(18-15-22)34(46)38-27-12-13-28(44)39-33(27)45/h1-3,6-11,21-22,24,27H,4-5,12-20H2,(H,38,46)(H2,35,36,37)(H,39,44,45)/t24-,27?/m1/s1. The molecule has 244 valence electrons. The minimum absolute atomic E-state index is 0.134. The van der Waals surface area contributed by atoms with Gasteiger partial charge in [0.1, 0.15) is 35.4 Å². The van der Waals surface area contributed by atoms with E-state index in [4.69, 9.17) is 15.6 Å². The van der Waals surface area contributed by atoms with Crippen molar-refractivity contribution in [1.29, 1.82) is 0 Å². The molecule has 0 saturated carbocycles. The minimum atomic E-state index is -0.657. The van der Waals surface area contributed by atoms with Gasteiger partial charge in [-0.05, 0) is 81.0 Å². The predicted molar refractivity (Wildman–Crippen MR) is 175 cm³/mol. The quantitative estimate of drug-likeness (QED) is 0.257. The third kappa shape index (κ3) is 6.75. The summed E-state index contributed by atoms with van der Waals surface area (Å²) in [5.74, 6) is 1.66. The van der Waals surface area contributed by atoms with Crippen LogP contribution >= 0.6 is 0 Å². The lowest BCUT2D eigenvalue weighted by molar-refractivity contribution is -0.134. The van der Waals surface area contributed by atoms with Crippen molar-refractivity contribution in [2.24, 2.45) is 5.92 Å². The van der Waals surface area contributed by atoms with Gasteiger partial charge >= 0.3 is 6.03 Å². The van der Waals surface area contributed by atoms with Crippen molar-refractivity contribution in [2.45, 2.75) is 50.6 Å². The molecule has 3 aliphatic rings. The molecule has 0 radical (unpaired) electrons. The van der Waals surface area contributed by atoms with Crippen LogP contribution in [-0.2, 0) is 9.59 Å². The summed E-state index contributed by atoms with van der Waals surface area (Å²) >= 11 is 0. The molecule has 2 aromatic carbocycles. The van der Waals surface area contributed by atoms with E-state index in [0.29, 0.717) is 31.2 Å². The topological polar surface area (TPSA) is 161 Å². The van der Waals surface area contributed by atoms with Gasteiger partial charge in [0, 0.05) is 38.2 Å². The van der Waals surface area contributed by atoms with Crippen molar-refractivity contribution in [3.05, 3.63) is 60.9 Å². The van der Waals surface area contributed by atoms with Gasteiger partial charge in [0.05, 0.1) is 11.4 Å². The molecular weight excluding hydrogens is 598 g/mol. The van der Waals surface area contributed by atoms with Crippen LogP contribution in [0.4, 0.5) is 10.6 Å². The maximum Gasteiger partial charge on any atom is 0.318 e. The van der Waals surface area contributed by atoms with E-state index in [9.17, 15) is 14.4 Å². The van der Waals surface area contributed by atoms with Crippen LogP contribution in [0.3, 0.4) is 0 Å². The van der Waals surface area contributed by atoms with Crippen LogP contribution < -0.4 is 21.1 Å². The number of nitrogens with two attached hydrogens (primary N) is 1. The second-order valence-electron chi connectivity index (χ2n) is 12.6. The molecule has 0 spiro atoms. The Kier molecular flexibility index (Phi) is 8.70. The summed E-state index contributed by atoms with van der Waals surface area (Å²) in [6, 6.07) is 16.7. The monoisotopic (exact) mass is 637 g/mol. The van der Waals surface area contributed by atoms with Crippen LogP contribution in [0, 0.1) is 5.92 Å². The third-order valence-corrected chi connectivity index (χ3v) is 9.41. The Labute approximate surface area is 272 Å². The second kappa shape index (κ2) is 13.4. The number of amides is 4.